The van der Waals surface area contributed by atoms with E-state index in [1.807, 2.05) is 0 Å². The van der Waals surface area contributed by atoms with Gasteiger partial charge in [0.05, 0.1) is 23.4 Å². The fourth-order valence-electron chi connectivity index (χ4n) is 5.41. The van der Waals surface area contributed by atoms with Gasteiger partial charge in [0, 0.05) is 35.5 Å². The number of nitrogens with one attached hydrogen (secondary N) is 1. The highest BCUT2D eigenvalue weighted by Gasteiger charge is 2.41. The molecule has 0 saturated heterocycles. The maximum absolute atomic E-state index is 14.2. The van der Waals surface area contributed by atoms with E-state index in [-0.39, 0.29) is 48.2 Å². The Morgan fingerprint density at radius 2 is 1.82 bits per heavy atom. The molecule has 2 aromatic carbocycles. The number of nitrogens with two attached hydrogens (primary N) is 1. The molecule has 0 radical (unpaired) electrons. The van der Waals surface area contributed by atoms with Crippen LogP contribution in [0.25, 0.3) is 11.1 Å². The number of carbonyl (C=O) groups is 2. The molecule has 2 atom stereocenters. The molecule has 0 unspecified atom stereocenters. The predicted octanol–water partition coefficient (Wildman–Crippen LogP) is 4.43. The van der Waals surface area contributed by atoms with E-state index >= 15 is 0 Å². The first kappa shape index (κ1) is 30.7. The van der Waals surface area contributed by atoms with E-state index in [1.54, 1.807) is 6.07 Å². The minimum atomic E-state index is -4.81. The summed E-state index contributed by atoms with van der Waals surface area (Å²) in [6.45, 7) is -0.632. The molecule has 230 valence electrons. The van der Waals surface area contributed by atoms with E-state index < -0.39 is 65.4 Å². The van der Waals surface area contributed by atoms with Crippen molar-refractivity contribution in [3.8, 4) is 11.1 Å². The van der Waals surface area contributed by atoms with Crippen LogP contribution in [0.15, 0.2) is 54.7 Å². The highest BCUT2D eigenvalue weighted by atomic mass is 19.4. The zero-order valence-electron chi connectivity index (χ0n) is 22.8. The maximum Gasteiger partial charge on any atom is 0.435 e. The van der Waals surface area contributed by atoms with Crippen LogP contribution in [0.1, 0.15) is 51.0 Å². The van der Waals surface area contributed by atoms with Gasteiger partial charge in [-0.25, -0.2) is 13.2 Å². The van der Waals surface area contributed by atoms with Gasteiger partial charge in [-0.2, -0.15) is 18.3 Å². The Morgan fingerprint density at radius 1 is 1.09 bits per heavy atom. The number of primary amides is 1. The van der Waals surface area contributed by atoms with Crippen molar-refractivity contribution in [3.63, 3.8) is 0 Å². The average Bonchev–Trinajstić information content (AvgIpc) is 3.30. The number of carbonyl (C=O) groups excluding carboxylic acids is 2. The summed E-state index contributed by atoms with van der Waals surface area (Å²) in [5.74, 6) is -4.42. The molecular formula is C30H25F6N5O3. The van der Waals surface area contributed by atoms with Crippen molar-refractivity contribution in [1.82, 2.24) is 20.1 Å². The monoisotopic (exact) mass is 617 g/mol. The Hall–Kier alpha value is -4.72. The fourth-order valence-corrected chi connectivity index (χ4v) is 5.41. The Balaban J connectivity index is 1.52. The second-order valence-corrected chi connectivity index (χ2v) is 10.4. The molecule has 14 heteroatoms. The van der Waals surface area contributed by atoms with E-state index in [4.69, 9.17) is 5.73 Å². The van der Waals surface area contributed by atoms with Crippen LogP contribution >= 0.6 is 0 Å². The third-order valence-corrected chi connectivity index (χ3v) is 7.29. The van der Waals surface area contributed by atoms with Gasteiger partial charge in [0.1, 0.15) is 24.0 Å². The lowest BCUT2D eigenvalue weighted by Gasteiger charge is -2.23. The summed E-state index contributed by atoms with van der Waals surface area (Å²) in [6.07, 6.45) is -4.62. The van der Waals surface area contributed by atoms with Gasteiger partial charge >= 0.3 is 6.18 Å². The lowest BCUT2D eigenvalue weighted by Crippen LogP contribution is -2.34. The van der Waals surface area contributed by atoms with Crippen LogP contribution in [0.2, 0.25) is 0 Å². The summed E-state index contributed by atoms with van der Waals surface area (Å²) in [7, 11) is 0. The number of amides is 2. The van der Waals surface area contributed by atoms with Crippen molar-refractivity contribution < 1.29 is 41.0 Å². The topological polar surface area (TPSA) is 123 Å². The summed E-state index contributed by atoms with van der Waals surface area (Å²) in [4.78, 5) is 29.5. The number of hydrogen-bond donors (Lipinski definition) is 3. The van der Waals surface area contributed by atoms with Crippen molar-refractivity contribution in [2.45, 2.75) is 50.6 Å². The van der Waals surface area contributed by atoms with Crippen molar-refractivity contribution in [1.29, 1.82) is 0 Å². The third kappa shape index (κ3) is 6.59. The van der Waals surface area contributed by atoms with E-state index in [2.05, 4.69) is 15.4 Å². The second kappa shape index (κ2) is 12.1. The standard InChI is InChI=1S/C30H25F6N5O3/c31-17-8-15(9-18(32)12-17)10-24(27-20(2-1-7-38-27)16-3-5-23(33)21(11-16)29(37)44)39-26(43)14-41-25-6-4-19(42)13-22(25)28(40-41)30(34,35)36/h1-3,5,7-9,11-12,19,24,42H,4,6,10,13-14H2,(H2,37,44)(H,39,43)/t19-,24-/m0/s1. The third-order valence-electron chi connectivity index (χ3n) is 7.29. The second-order valence-electron chi connectivity index (χ2n) is 10.4. The first-order chi connectivity index (χ1) is 20.8. The van der Waals surface area contributed by atoms with Gasteiger partial charge in [-0.05, 0) is 60.7 Å². The summed E-state index contributed by atoms with van der Waals surface area (Å²) < 4.78 is 84.5. The van der Waals surface area contributed by atoms with Crippen LogP contribution in [-0.4, -0.2) is 37.8 Å². The van der Waals surface area contributed by atoms with Crippen LogP contribution in [0.5, 0.6) is 0 Å². The van der Waals surface area contributed by atoms with Crippen molar-refractivity contribution in [2.75, 3.05) is 0 Å². The number of aliphatic hydroxyl groups excluding tert-OH is 1. The summed E-state index contributed by atoms with van der Waals surface area (Å²) >= 11 is 0. The van der Waals surface area contributed by atoms with Gasteiger partial charge < -0.3 is 16.2 Å². The molecule has 0 bridgehead atoms. The number of aromatic nitrogens is 3. The highest BCUT2D eigenvalue weighted by molar-refractivity contribution is 5.94. The molecule has 0 aliphatic heterocycles. The minimum Gasteiger partial charge on any atom is -0.393 e. The molecule has 2 heterocycles. The molecular weight excluding hydrogens is 592 g/mol. The smallest absolute Gasteiger partial charge is 0.393 e. The summed E-state index contributed by atoms with van der Waals surface area (Å²) in [5.41, 5.74) is 4.62. The zero-order valence-corrected chi connectivity index (χ0v) is 22.8. The maximum atomic E-state index is 14.2. The normalized spacial score (nSPS) is 15.5. The number of hydrogen-bond acceptors (Lipinski definition) is 5. The number of alkyl halides is 3. The lowest BCUT2D eigenvalue weighted by molar-refractivity contribution is -0.142. The van der Waals surface area contributed by atoms with Crippen molar-refractivity contribution >= 4 is 11.8 Å². The molecule has 4 aromatic rings. The van der Waals surface area contributed by atoms with Crippen molar-refractivity contribution in [2.24, 2.45) is 5.73 Å². The molecule has 44 heavy (non-hydrogen) atoms. The van der Waals surface area contributed by atoms with Crippen LogP contribution in [0, 0.1) is 17.5 Å². The van der Waals surface area contributed by atoms with Gasteiger partial charge in [0.2, 0.25) is 5.91 Å². The first-order valence-corrected chi connectivity index (χ1v) is 13.4. The molecule has 0 spiro atoms. The summed E-state index contributed by atoms with van der Waals surface area (Å²) in [5, 5.41) is 16.3. The predicted molar refractivity (Wildman–Crippen MR) is 144 cm³/mol. The van der Waals surface area contributed by atoms with Gasteiger partial charge in [0.25, 0.3) is 5.91 Å². The van der Waals surface area contributed by atoms with E-state index in [0.717, 1.165) is 22.9 Å². The van der Waals surface area contributed by atoms with E-state index in [0.29, 0.717) is 17.2 Å². The SMILES string of the molecule is NC(=O)c1cc(-c2cccnc2[C@H](Cc2cc(F)cc(F)c2)NC(=O)Cn2nc(C(F)(F)F)c3c2CC[C@H](O)C3)ccc1F. The Labute approximate surface area is 246 Å². The molecule has 1 aliphatic rings. The molecule has 0 saturated carbocycles. The Bertz CT molecular complexity index is 1720. The number of benzene rings is 2. The van der Waals surface area contributed by atoms with E-state index in [1.165, 1.54) is 24.4 Å². The largest absolute Gasteiger partial charge is 0.435 e. The lowest BCUT2D eigenvalue weighted by atomic mass is 9.93. The molecule has 5 rings (SSSR count). The fraction of sp³-hybridized carbons (Fsp3) is 0.267. The summed E-state index contributed by atoms with van der Waals surface area (Å²) in [6, 6.07) is 8.36. The van der Waals surface area contributed by atoms with Crippen LogP contribution in [-0.2, 0) is 36.8 Å². The Morgan fingerprint density at radius 3 is 2.50 bits per heavy atom. The van der Waals surface area contributed by atoms with Gasteiger partial charge in [-0.1, -0.05) is 12.1 Å². The molecule has 1 aliphatic carbocycles. The average molecular weight is 618 g/mol. The zero-order chi connectivity index (χ0) is 31.8. The number of rotatable bonds is 8. The number of aliphatic hydroxyl groups is 1. The number of fused-ring (bicyclic) bond motifs is 1. The molecule has 0 fully saturated rings. The van der Waals surface area contributed by atoms with Gasteiger partial charge in [0.15, 0.2) is 5.69 Å². The van der Waals surface area contributed by atoms with Crippen LogP contribution in [0.4, 0.5) is 26.3 Å². The van der Waals surface area contributed by atoms with Gasteiger partial charge in [-0.15, -0.1) is 0 Å². The van der Waals surface area contributed by atoms with Gasteiger partial charge in [-0.3, -0.25) is 19.3 Å². The number of halogens is 6. The first-order valence-electron chi connectivity index (χ1n) is 13.4. The molecule has 4 N–H and O–H groups in total. The quantitative estimate of drug-likeness (QED) is 0.253. The van der Waals surface area contributed by atoms with Crippen LogP contribution in [0.3, 0.4) is 0 Å². The molecule has 8 nitrogen and oxygen atoms in total. The van der Waals surface area contributed by atoms with Crippen LogP contribution < -0.4 is 11.1 Å². The minimum absolute atomic E-state index is 0.0655. The molecule has 2 aromatic heterocycles. The number of pyridine rings is 1. The Kier molecular flexibility index (Phi) is 8.46. The highest BCUT2D eigenvalue weighted by Crippen LogP contribution is 2.36. The van der Waals surface area contributed by atoms with Crippen molar-refractivity contribution in [3.05, 3.63) is 106 Å². The van der Waals surface area contributed by atoms with E-state index in [9.17, 15) is 41.0 Å². The molecule has 2 amide bonds. The number of nitrogens with zero attached hydrogens (tertiary/aromatic N) is 3.